The predicted molar refractivity (Wildman–Crippen MR) is 147 cm³/mol. The zero-order chi connectivity index (χ0) is 25.9. The number of fused-ring (bicyclic) bond motifs is 1. The molecule has 0 radical (unpaired) electrons. The lowest BCUT2D eigenvalue weighted by atomic mass is 9.72. The molecule has 1 heterocycles. The molecule has 7 heteroatoms. The maximum Gasteiger partial charge on any atom is 0.175 e. The molecule has 184 valence electrons. The van der Waals surface area contributed by atoms with E-state index in [1.54, 1.807) is 36.8 Å². The normalized spacial score (nSPS) is 15.2. The number of nitrogens with zero attached hydrogens (tertiary/aromatic N) is 3. The Bertz CT molecular complexity index is 1370. The lowest BCUT2D eigenvalue weighted by Crippen LogP contribution is -2.26. The molecule has 0 fully saturated rings. The maximum atomic E-state index is 9.85. The topological polar surface area (TPSA) is 78.4 Å². The zero-order valence-electron chi connectivity index (χ0n) is 20.9. The third-order valence-electron chi connectivity index (χ3n) is 6.63. The SMILES string of the molecule is COc1cc(C=Nc2sc3c(c2C#N)CC[C@H](C(C)(C)C)C3)cc(Br)c1OCc1ccc(C#N)cc1. The van der Waals surface area contributed by atoms with Gasteiger partial charge in [-0.05, 0) is 87.5 Å². The predicted octanol–water partition coefficient (Wildman–Crippen LogP) is 7.74. The molecule has 1 aromatic heterocycles. The molecule has 3 aromatic rings. The second kappa shape index (κ2) is 10.9. The highest BCUT2D eigenvalue weighted by atomic mass is 79.9. The number of methoxy groups -OCH3 is 1. The standard InChI is InChI=1S/C29H28BrN3O2S/c1-29(2,3)21-9-10-22-23(15-32)28(36-26(22)13-21)33-16-20-11-24(30)27(25(12-20)34-4)35-17-19-7-5-18(14-31)6-8-19/h5-8,11-12,16,21H,9-10,13,17H2,1-4H3/t21-/m0/s1. The Labute approximate surface area is 225 Å². The van der Waals surface area contributed by atoms with Gasteiger partial charge in [0.15, 0.2) is 11.5 Å². The minimum Gasteiger partial charge on any atom is -0.493 e. The van der Waals surface area contributed by atoms with Crippen molar-refractivity contribution in [2.45, 2.75) is 46.6 Å². The van der Waals surface area contributed by atoms with Gasteiger partial charge in [-0.1, -0.05) is 32.9 Å². The van der Waals surface area contributed by atoms with Gasteiger partial charge in [-0.3, -0.25) is 0 Å². The number of nitriles is 2. The Morgan fingerprint density at radius 2 is 1.92 bits per heavy atom. The van der Waals surface area contributed by atoms with Crippen LogP contribution in [0.1, 0.15) is 59.9 Å². The van der Waals surface area contributed by atoms with Gasteiger partial charge >= 0.3 is 0 Å². The van der Waals surface area contributed by atoms with Crippen molar-refractivity contribution in [1.29, 1.82) is 10.5 Å². The summed E-state index contributed by atoms with van der Waals surface area (Å²) in [4.78, 5) is 6.02. The van der Waals surface area contributed by atoms with E-state index < -0.39 is 0 Å². The molecule has 5 nitrogen and oxygen atoms in total. The summed E-state index contributed by atoms with van der Waals surface area (Å²) in [5.74, 6) is 1.79. The van der Waals surface area contributed by atoms with Crippen LogP contribution in [-0.4, -0.2) is 13.3 Å². The van der Waals surface area contributed by atoms with Crippen molar-refractivity contribution >= 4 is 38.5 Å². The van der Waals surface area contributed by atoms with Crippen molar-refractivity contribution in [3.63, 3.8) is 0 Å². The van der Waals surface area contributed by atoms with E-state index in [2.05, 4.69) is 48.8 Å². The van der Waals surface area contributed by atoms with E-state index in [0.717, 1.165) is 39.9 Å². The maximum absolute atomic E-state index is 9.85. The van der Waals surface area contributed by atoms with Gasteiger partial charge in [0.1, 0.15) is 17.7 Å². The Balaban J connectivity index is 1.54. The lowest BCUT2D eigenvalue weighted by Gasteiger charge is -2.33. The molecule has 0 N–H and O–H groups in total. The van der Waals surface area contributed by atoms with Gasteiger partial charge in [-0.25, -0.2) is 4.99 Å². The Morgan fingerprint density at radius 1 is 1.17 bits per heavy atom. The van der Waals surface area contributed by atoms with Crippen LogP contribution in [0.25, 0.3) is 0 Å². The molecule has 0 aliphatic heterocycles. The number of halogens is 1. The highest BCUT2D eigenvalue weighted by molar-refractivity contribution is 9.10. The minimum atomic E-state index is 0.255. The average molecular weight is 563 g/mol. The summed E-state index contributed by atoms with van der Waals surface area (Å²) in [5, 5.41) is 19.6. The molecule has 0 bridgehead atoms. The molecule has 36 heavy (non-hydrogen) atoms. The number of hydrogen-bond donors (Lipinski definition) is 0. The third-order valence-corrected chi connectivity index (χ3v) is 8.38. The number of hydrogen-bond acceptors (Lipinski definition) is 6. The fraction of sp³-hybridized carbons (Fsp3) is 0.345. The quantitative estimate of drug-likeness (QED) is 0.288. The first kappa shape index (κ1) is 25.9. The van der Waals surface area contributed by atoms with E-state index in [9.17, 15) is 5.26 Å². The van der Waals surface area contributed by atoms with Crippen molar-refractivity contribution in [2.75, 3.05) is 7.11 Å². The number of aliphatic imine (C=N–C) groups is 1. The molecule has 2 aromatic carbocycles. The van der Waals surface area contributed by atoms with Crippen molar-refractivity contribution in [2.24, 2.45) is 16.3 Å². The minimum absolute atomic E-state index is 0.255. The molecule has 0 saturated heterocycles. The van der Waals surface area contributed by atoms with E-state index in [1.165, 1.54) is 10.4 Å². The Morgan fingerprint density at radius 3 is 2.56 bits per heavy atom. The molecule has 0 spiro atoms. The van der Waals surface area contributed by atoms with E-state index in [-0.39, 0.29) is 5.41 Å². The molecule has 1 aliphatic rings. The van der Waals surface area contributed by atoms with Crippen LogP contribution in [0.3, 0.4) is 0 Å². The van der Waals surface area contributed by atoms with Crippen LogP contribution in [0.5, 0.6) is 11.5 Å². The molecular weight excluding hydrogens is 534 g/mol. The lowest BCUT2D eigenvalue weighted by molar-refractivity contribution is 0.218. The zero-order valence-corrected chi connectivity index (χ0v) is 23.3. The van der Waals surface area contributed by atoms with Crippen LogP contribution >= 0.6 is 27.3 Å². The van der Waals surface area contributed by atoms with Crippen LogP contribution in [0.2, 0.25) is 0 Å². The monoisotopic (exact) mass is 561 g/mol. The second-order valence-electron chi connectivity index (χ2n) is 9.99. The molecule has 0 saturated carbocycles. The van der Waals surface area contributed by atoms with Gasteiger partial charge in [0.05, 0.1) is 28.8 Å². The fourth-order valence-corrected chi connectivity index (χ4v) is 6.23. The van der Waals surface area contributed by atoms with Crippen LogP contribution in [0.15, 0.2) is 45.9 Å². The van der Waals surface area contributed by atoms with Gasteiger partial charge in [0.2, 0.25) is 0 Å². The van der Waals surface area contributed by atoms with Crippen molar-refractivity contribution in [3.05, 3.63) is 73.6 Å². The van der Waals surface area contributed by atoms with Gasteiger partial charge < -0.3 is 9.47 Å². The summed E-state index contributed by atoms with van der Waals surface area (Å²) in [6, 6.07) is 15.6. The number of thiophene rings is 1. The first-order chi connectivity index (χ1) is 17.2. The summed E-state index contributed by atoms with van der Waals surface area (Å²) < 4.78 is 12.4. The summed E-state index contributed by atoms with van der Waals surface area (Å²) >= 11 is 5.24. The molecule has 0 unspecified atom stereocenters. The van der Waals surface area contributed by atoms with Crippen LogP contribution < -0.4 is 9.47 Å². The van der Waals surface area contributed by atoms with Crippen LogP contribution in [0, 0.1) is 34.0 Å². The van der Waals surface area contributed by atoms with Crippen molar-refractivity contribution < 1.29 is 9.47 Å². The van der Waals surface area contributed by atoms with E-state index >= 15 is 0 Å². The molecule has 1 atom stereocenters. The Hall–Kier alpha value is -3.13. The highest BCUT2D eigenvalue weighted by Gasteiger charge is 2.32. The number of ether oxygens (including phenoxy) is 2. The van der Waals surface area contributed by atoms with Gasteiger partial charge in [-0.2, -0.15) is 10.5 Å². The van der Waals surface area contributed by atoms with Crippen LogP contribution in [-0.2, 0) is 19.4 Å². The Kier molecular flexibility index (Phi) is 7.83. The van der Waals surface area contributed by atoms with Gasteiger partial charge in [0, 0.05) is 11.1 Å². The summed E-state index contributed by atoms with van der Waals surface area (Å²) in [6.45, 7) is 7.23. The van der Waals surface area contributed by atoms with E-state index in [1.807, 2.05) is 24.3 Å². The van der Waals surface area contributed by atoms with Gasteiger partial charge in [0.25, 0.3) is 0 Å². The summed E-state index contributed by atoms with van der Waals surface area (Å²) in [6.07, 6.45) is 4.84. The van der Waals surface area contributed by atoms with E-state index in [4.69, 9.17) is 19.7 Å². The fourth-order valence-electron chi connectivity index (χ4n) is 4.44. The van der Waals surface area contributed by atoms with E-state index in [0.29, 0.717) is 35.2 Å². The largest absolute Gasteiger partial charge is 0.493 e. The smallest absolute Gasteiger partial charge is 0.175 e. The van der Waals surface area contributed by atoms with Crippen LogP contribution in [0.4, 0.5) is 5.00 Å². The number of rotatable bonds is 6. The number of benzene rings is 2. The first-order valence-electron chi connectivity index (χ1n) is 11.8. The van der Waals surface area contributed by atoms with Crippen molar-refractivity contribution in [3.8, 4) is 23.6 Å². The average Bonchev–Trinajstić information content (AvgIpc) is 3.23. The van der Waals surface area contributed by atoms with Crippen molar-refractivity contribution in [1.82, 2.24) is 0 Å². The summed E-state index contributed by atoms with van der Waals surface area (Å²) in [5.41, 5.74) is 4.55. The molecule has 1 aliphatic carbocycles. The third kappa shape index (κ3) is 5.64. The molecule has 0 amide bonds. The van der Waals surface area contributed by atoms with Gasteiger partial charge in [-0.15, -0.1) is 11.3 Å². The highest BCUT2D eigenvalue weighted by Crippen LogP contribution is 2.45. The second-order valence-corrected chi connectivity index (χ2v) is 11.9. The molecular formula is C29H28BrN3O2S. The molecule has 4 rings (SSSR count). The summed E-state index contributed by atoms with van der Waals surface area (Å²) in [7, 11) is 1.60. The first-order valence-corrected chi connectivity index (χ1v) is 13.4.